The molecule has 0 spiro atoms. The fourth-order valence-electron chi connectivity index (χ4n) is 7.78. The fourth-order valence-corrected chi connectivity index (χ4v) is 7.78. The molecule has 4 heterocycles. The number of primary amides is 1. The molecule has 19 heteroatoms. The van der Waals surface area contributed by atoms with Crippen molar-refractivity contribution in [2.75, 3.05) is 38.2 Å². The largest absolute Gasteiger partial charge is 0.497 e. The number of methoxy groups -OCH3 is 1. The first-order valence-electron chi connectivity index (χ1n) is 20.3. The van der Waals surface area contributed by atoms with Crippen LogP contribution in [0.3, 0.4) is 0 Å². The summed E-state index contributed by atoms with van der Waals surface area (Å²) in [4.78, 5) is 54.3. The maximum absolute atomic E-state index is 12.9. The van der Waals surface area contributed by atoms with Crippen LogP contribution in [0.1, 0.15) is 50.3 Å². The molecule has 3 saturated heterocycles. The number of unbranched alkanes of at least 4 members (excludes halogenated alkanes) is 1. The maximum atomic E-state index is 12.9. The van der Waals surface area contributed by atoms with Crippen LogP contribution >= 0.6 is 0 Å². The van der Waals surface area contributed by atoms with Crippen LogP contribution in [-0.4, -0.2) is 136 Å². The van der Waals surface area contributed by atoms with Crippen molar-refractivity contribution in [2.45, 2.75) is 112 Å². The van der Waals surface area contributed by atoms with Gasteiger partial charge in [-0.25, -0.2) is 4.79 Å². The SMILES string of the molecule is COc1ccc(OC2CCN(c3ccc(CCC(=O)CCCCNC(C(N)=O)C(OC4OC(CN)C(O)C4O)C4OC(n5ccc(=O)[nH]c5=O)C(O)C4O)cc3)CC2)cc1. The third-order valence-electron chi connectivity index (χ3n) is 11.2. The third-order valence-corrected chi connectivity index (χ3v) is 11.2. The molecular weight excluding hydrogens is 784 g/mol. The second-order valence-electron chi connectivity index (χ2n) is 15.3. The number of carbonyl (C=O) groups excluding carboxylic acids is 2. The molecule has 10 atom stereocenters. The van der Waals surface area contributed by atoms with Crippen molar-refractivity contribution in [1.29, 1.82) is 0 Å². The molecule has 10 unspecified atom stereocenters. The standard InChI is InChI=1S/C41H56N6O13/c1-56-26-11-13-27(14-12-26)57-28-15-19-46(20-16-28)24-8-5-23(6-9-24)7-10-25(48)4-2-3-18-44-31(38(43)54)36(60-40-35(53)32(50)29(22-42)58-40)37-33(51)34(52)39(59-37)47-21-17-30(49)45-41(47)55/h5-6,8-9,11-14,17,21,28-29,31-37,39-40,44,50-53H,2-4,7,10,15-16,18-20,22,42H2,1H3,(H2,43,54)(H,45,49,55). The highest BCUT2D eigenvalue weighted by atomic mass is 16.7. The molecule has 1 amide bonds. The van der Waals surface area contributed by atoms with Crippen molar-refractivity contribution in [3.63, 3.8) is 0 Å². The van der Waals surface area contributed by atoms with Gasteiger partial charge in [0.05, 0.1) is 7.11 Å². The molecule has 3 fully saturated rings. The molecule has 60 heavy (non-hydrogen) atoms. The summed E-state index contributed by atoms with van der Waals surface area (Å²) in [6.07, 6.45) is -8.59. The number of carbonyl (C=O) groups is 2. The highest BCUT2D eigenvalue weighted by Crippen LogP contribution is 2.34. The number of nitrogens with zero attached hydrogens (tertiary/aromatic N) is 2. The number of aryl methyl sites for hydroxylation is 1. The van der Waals surface area contributed by atoms with Gasteiger partial charge in [0.15, 0.2) is 12.5 Å². The number of nitrogens with two attached hydrogens (primary N) is 2. The zero-order valence-corrected chi connectivity index (χ0v) is 33.4. The van der Waals surface area contributed by atoms with E-state index in [4.69, 9.17) is 35.2 Å². The molecule has 1 aromatic heterocycles. The molecule has 3 aliphatic rings. The smallest absolute Gasteiger partial charge is 0.330 e. The molecule has 6 rings (SSSR count). The highest BCUT2D eigenvalue weighted by molar-refractivity contribution is 5.81. The molecule has 2 aromatic carbocycles. The average Bonchev–Trinajstić information content (AvgIpc) is 3.69. The maximum Gasteiger partial charge on any atom is 0.330 e. The van der Waals surface area contributed by atoms with E-state index in [9.17, 15) is 39.6 Å². The zero-order chi connectivity index (χ0) is 42.9. The highest BCUT2D eigenvalue weighted by Gasteiger charge is 2.53. The Hall–Kier alpha value is -4.70. The Kier molecular flexibility index (Phi) is 15.5. The van der Waals surface area contributed by atoms with Crippen LogP contribution in [0.4, 0.5) is 5.69 Å². The minimum atomic E-state index is -1.77. The third kappa shape index (κ3) is 11.0. The van der Waals surface area contributed by atoms with Crippen LogP contribution in [0.25, 0.3) is 0 Å². The van der Waals surface area contributed by atoms with Crippen molar-refractivity contribution in [1.82, 2.24) is 14.9 Å². The molecule has 19 nitrogen and oxygen atoms in total. The van der Waals surface area contributed by atoms with Crippen molar-refractivity contribution < 1.29 is 53.7 Å². The summed E-state index contributed by atoms with van der Waals surface area (Å²) in [6, 6.07) is 15.5. The number of nitrogens with one attached hydrogen (secondary N) is 2. The number of Topliss-reactive ketones (excluding diaryl/α,β-unsaturated/α-hetero) is 1. The Labute approximate surface area is 346 Å². The molecule has 0 aliphatic carbocycles. The van der Waals surface area contributed by atoms with E-state index in [1.54, 1.807) is 7.11 Å². The minimum absolute atomic E-state index is 0.0751. The second-order valence-corrected chi connectivity index (χ2v) is 15.3. The van der Waals surface area contributed by atoms with Gasteiger partial charge in [0.25, 0.3) is 5.56 Å². The number of anilines is 1. The lowest BCUT2D eigenvalue weighted by Crippen LogP contribution is -2.59. The summed E-state index contributed by atoms with van der Waals surface area (Å²) >= 11 is 0. The van der Waals surface area contributed by atoms with Crippen LogP contribution in [0.2, 0.25) is 0 Å². The Bertz CT molecular complexity index is 1970. The lowest BCUT2D eigenvalue weighted by molar-refractivity contribution is -0.226. The van der Waals surface area contributed by atoms with Gasteiger partial charge in [-0.1, -0.05) is 12.1 Å². The summed E-state index contributed by atoms with van der Waals surface area (Å²) in [7, 11) is 1.63. The van der Waals surface area contributed by atoms with Crippen LogP contribution in [0, 0.1) is 0 Å². The van der Waals surface area contributed by atoms with E-state index in [0.717, 1.165) is 65.5 Å². The number of amides is 1. The topological polar surface area (TPSA) is 283 Å². The number of rotatable bonds is 20. The number of H-pyrrole nitrogens is 1. The van der Waals surface area contributed by atoms with E-state index >= 15 is 0 Å². The Morgan fingerprint density at radius 2 is 1.60 bits per heavy atom. The van der Waals surface area contributed by atoms with E-state index in [1.165, 1.54) is 0 Å². The van der Waals surface area contributed by atoms with E-state index in [0.29, 0.717) is 32.1 Å². The molecule has 328 valence electrons. The predicted octanol–water partition coefficient (Wildman–Crippen LogP) is -1.18. The lowest BCUT2D eigenvalue weighted by atomic mass is 9.98. The molecule has 3 aromatic rings. The van der Waals surface area contributed by atoms with E-state index in [-0.39, 0.29) is 25.0 Å². The Balaban J connectivity index is 0.976. The van der Waals surface area contributed by atoms with E-state index in [2.05, 4.69) is 22.3 Å². The van der Waals surface area contributed by atoms with E-state index < -0.39 is 78.4 Å². The van der Waals surface area contributed by atoms with Gasteiger partial charge in [-0.3, -0.25) is 23.9 Å². The normalized spacial score (nSPS) is 26.8. The van der Waals surface area contributed by atoms with Gasteiger partial charge >= 0.3 is 5.69 Å². The van der Waals surface area contributed by atoms with Crippen molar-refractivity contribution in [3.05, 3.63) is 87.2 Å². The van der Waals surface area contributed by atoms with Crippen LogP contribution in [0.15, 0.2) is 70.4 Å². The summed E-state index contributed by atoms with van der Waals surface area (Å²) in [5, 5.41) is 46.1. The number of hydrogen-bond acceptors (Lipinski definition) is 16. The molecule has 10 N–H and O–H groups in total. The second kappa shape index (κ2) is 20.7. The van der Waals surface area contributed by atoms with Gasteiger partial charge in [0.1, 0.15) is 72.2 Å². The van der Waals surface area contributed by atoms with Crippen molar-refractivity contribution in [3.8, 4) is 11.5 Å². The number of aromatic amines is 1. The first-order valence-corrected chi connectivity index (χ1v) is 20.3. The molecule has 3 aliphatic heterocycles. The number of ether oxygens (including phenoxy) is 5. The number of piperidine rings is 1. The lowest BCUT2D eigenvalue weighted by Gasteiger charge is -2.34. The number of aromatic nitrogens is 2. The summed E-state index contributed by atoms with van der Waals surface area (Å²) < 4.78 is 29.7. The Morgan fingerprint density at radius 3 is 2.23 bits per heavy atom. The van der Waals surface area contributed by atoms with E-state index in [1.807, 2.05) is 41.4 Å². The predicted molar refractivity (Wildman–Crippen MR) is 215 cm³/mol. The van der Waals surface area contributed by atoms with Gasteiger partial charge in [-0.05, 0) is 67.8 Å². The number of hydrogen-bond donors (Lipinski definition) is 8. The summed E-state index contributed by atoms with van der Waals surface area (Å²) in [5.41, 5.74) is 12.0. The zero-order valence-electron chi connectivity index (χ0n) is 33.4. The molecule has 0 radical (unpaired) electrons. The van der Waals surface area contributed by atoms with Crippen LogP contribution in [-0.2, 0) is 30.2 Å². The quantitative estimate of drug-likeness (QED) is 0.0622. The molecular formula is C41H56N6O13. The molecule has 0 bridgehead atoms. The van der Waals surface area contributed by atoms with Crippen molar-refractivity contribution >= 4 is 17.4 Å². The van der Waals surface area contributed by atoms with Crippen LogP contribution < -0.4 is 42.4 Å². The molecule has 0 saturated carbocycles. The van der Waals surface area contributed by atoms with Crippen LogP contribution in [0.5, 0.6) is 11.5 Å². The van der Waals surface area contributed by atoms with Gasteiger partial charge < -0.3 is 65.8 Å². The monoisotopic (exact) mass is 840 g/mol. The first kappa shape index (κ1) is 44.8. The summed E-state index contributed by atoms with van der Waals surface area (Å²) in [5.74, 6) is 0.741. The first-order chi connectivity index (χ1) is 28.9. The van der Waals surface area contributed by atoms with Gasteiger partial charge in [-0.15, -0.1) is 0 Å². The average molecular weight is 841 g/mol. The van der Waals surface area contributed by atoms with Gasteiger partial charge in [0, 0.05) is 63.3 Å². The minimum Gasteiger partial charge on any atom is -0.497 e. The Morgan fingerprint density at radius 1 is 0.900 bits per heavy atom. The van der Waals surface area contributed by atoms with Gasteiger partial charge in [0.2, 0.25) is 5.91 Å². The van der Waals surface area contributed by atoms with Gasteiger partial charge in [-0.2, -0.15) is 0 Å². The fraction of sp³-hybridized carbons (Fsp3) is 0.561. The number of ketones is 1. The summed E-state index contributed by atoms with van der Waals surface area (Å²) in [6.45, 7) is 1.73. The van der Waals surface area contributed by atoms with Crippen molar-refractivity contribution in [2.24, 2.45) is 11.5 Å². The number of aliphatic hydroxyl groups is 4. The number of benzene rings is 2. The number of aliphatic hydroxyl groups excluding tert-OH is 4.